The highest BCUT2D eigenvalue weighted by molar-refractivity contribution is 5.77. The minimum atomic E-state index is -0.609. The van der Waals surface area contributed by atoms with Crippen molar-refractivity contribution in [2.75, 3.05) is 26.3 Å². The number of hydrogen-bond acceptors (Lipinski definition) is 7. The third-order valence-electron chi connectivity index (χ3n) is 6.54. The number of aromatic hydroxyl groups is 1. The van der Waals surface area contributed by atoms with Gasteiger partial charge in [-0.05, 0) is 48.4 Å². The van der Waals surface area contributed by atoms with Crippen molar-refractivity contribution in [3.05, 3.63) is 93.2 Å². The lowest BCUT2D eigenvalue weighted by atomic mass is 9.94. The smallest absolute Gasteiger partial charge is 0.293 e. The summed E-state index contributed by atoms with van der Waals surface area (Å²) < 4.78 is 0. The van der Waals surface area contributed by atoms with Crippen LogP contribution in [0.15, 0.2) is 59.7 Å². The molecule has 0 saturated carbocycles. The maximum atomic E-state index is 12.2. The Morgan fingerprint density at radius 3 is 2.35 bits per heavy atom. The molecular formula is C28H30N4O5. The lowest BCUT2D eigenvalue weighted by Gasteiger charge is -2.28. The maximum Gasteiger partial charge on any atom is 0.293 e. The maximum absolute atomic E-state index is 12.2. The van der Waals surface area contributed by atoms with Gasteiger partial charge in [0.25, 0.3) is 5.56 Å². The van der Waals surface area contributed by atoms with Gasteiger partial charge < -0.3 is 30.5 Å². The number of H-pyrrole nitrogens is 1. The molecule has 9 nitrogen and oxygen atoms in total. The van der Waals surface area contributed by atoms with Gasteiger partial charge >= 0.3 is 0 Å². The number of aromatic nitrogens is 2. The zero-order valence-corrected chi connectivity index (χ0v) is 20.4. The third kappa shape index (κ3) is 6.62. The van der Waals surface area contributed by atoms with Crippen molar-refractivity contribution in [1.29, 1.82) is 0 Å². The highest BCUT2D eigenvalue weighted by Crippen LogP contribution is 2.23. The van der Waals surface area contributed by atoms with Crippen molar-refractivity contribution in [3.63, 3.8) is 0 Å². The summed E-state index contributed by atoms with van der Waals surface area (Å²) in [5, 5.41) is 32.4. The highest BCUT2D eigenvalue weighted by Gasteiger charge is 2.26. The fourth-order valence-corrected chi connectivity index (χ4v) is 4.39. The number of amides is 1. The Bertz CT molecular complexity index is 1320. The second kappa shape index (κ2) is 12.3. The Morgan fingerprint density at radius 2 is 1.76 bits per heavy atom. The number of aliphatic hydroxyl groups excluding tert-OH is 2. The second-order valence-corrected chi connectivity index (χ2v) is 9.01. The quantitative estimate of drug-likeness (QED) is 0.288. The summed E-state index contributed by atoms with van der Waals surface area (Å²) in [5.41, 5.74) is 3.08. The first-order chi connectivity index (χ1) is 18.0. The number of nitrogens with zero attached hydrogens (tertiary/aromatic N) is 2. The minimum Gasteiger partial charge on any atom is -0.502 e. The van der Waals surface area contributed by atoms with Crippen LogP contribution in [-0.2, 0) is 17.8 Å². The molecule has 2 heterocycles. The van der Waals surface area contributed by atoms with Gasteiger partial charge in [-0.2, -0.15) is 0 Å². The summed E-state index contributed by atoms with van der Waals surface area (Å²) in [5.74, 6) is 5.24. The van der Waals surface area contributed by atoms with Crippen LogP contribution in [-0.4, -0.2) is 68.4 Å². The van der Waals surface area contributed by atoms with E-state index >= 15 is 0 Å². The summed E-state index contributed by atoms with van der Waals surface area (Å²) in [6.45, 7) is 1.38. The molecule has 1 saturated heterocycles. The lowest BCUT2D eigenvalue weighted by molar-refractivity contribution is -0.136. The SMILES string of the molecule is O=C(CO)N(Cc1ccc(C#Cc2ccc(C(CO)Cc3nc[nH]c(=O)c3O)cc2)cc1)C1CCNC1. The first kappa shape index (κ1) is 26.1. The molecule has 1 aliphatic rings. The molecule has 0 spiro atoms. The van der Waals surface area contributed by atoms with Gasteiger partial charge in [0.05, 0.1) is 18.6 Å². The molecule has 2 aromatic carbocycles. The lowest BCUT2D eigenvalue weighted by Crippen LogP contribution is -2.42. The van der Waals surface area contributed by atoms with E-state index in [1.54, 1.807) is 4.90 Å². The van der Waals surface area contributed by atoms with E-state index in [1.807, 2.05) is 48.5 Å². The number of aliphatic hydroxyl groups is 2. The fraction of sp³-hybridized carbons (Fsp3) is 0.321. The molecule has 1 amide bonds. The van der Waals surface area contributed by atoms with E-state index < -0.39 is 17.9 Å². The number of hydrogen-bond donors (Lipinski definition) is 5. The van der Waals surface area contributed by atoms with Gasteiger partial charge in [-0.1, -0.05) is 36.1 Å². The third-order valence-corrected chi connectivity index (χ3v) is 6.54. The van der Waals surface area contributed by atoms with E-state index in [-0.39, 0.29) is 36.6 Å². The summed E-state index contributed by atoms with van der Waals surface area (Å²) >= 11 is 0. The molecule has 1 fully saturated rings. The van der Waals surface area contributed by atoms with Gasteiger partial charge in [-0.25, -0.2) is 4.98 Å². The first-order valence-corrected chi connectivity index (χ1v) is 12.2. The van der Waals surface area contributed by atoms with E-state index in [9.17, 15) is 24.9 Å². The molecule has 1 aromatic heterocycles. The number of benzene rings is 2. The molecule has 192 valence electrons. The van der Waals surface area contributed by atoms with E-state index in [0.29, 0.717) is 6.54 Å². The van der Waals surface area contributed by atoms with Crippen LogP contribution in [0.5, 0.6) is 5.75 Å². The fourth-order valence-electron chi connectivity index (χ4n) is 4.39. The molecule has 1 aliphatic heterocycles. The summed E-state index contributed by atoms with van der Waals surface area (Å²) in [7, 11) is 0. The van der Waals surface area contributed by atoms with Crippen LogP contribution in [0, 0.1) is 11.8 Å². The zero-order valence-electron chi connectivity index (χ0n) is 20.4. The van der Waals surface area contributed by atoms with Gasteiger partial charge in [-0.15, -0.1) is 0 Å². The van der Waals surface area contributed by atoms with E-state index in [4.69, 9.17) is 0 Å². The second-order valence-electron chi connectivity index (χ2n) is 9.01. The topological polar surface area (TPSA) is 139 Å². The van der Waals surface area contributed by atoms with Crippen molar-refractivity contribution in [2.45, 2.75) is 31.3 Å². The number of nitrogens with one attached hydrogen (secondary N) is 2. The standard InChI is InChI=1S/C28H30N4O5/c33-16-23(13-25-27(36)28(37)31-18-30-25)22-9-7-20(8-10-22)2-1-19-3-5-21(6-4-19)15-32(26(35)17-34)24-11-12-29-14-24/h3-10,18,23-24,29,33-34,36H,11-17H2,(H,30,31,37). The van der Waals surface area contributed by atoms with Crippen molar-refractivity contribution >= 4 is 5.91 Å². The molecule has 37 heavy (non-hydrogen) atoms. The average Bonchev–Trinajstić information content (AvgIpc) is 3.47. The van der Waals surface area contributed by atoms with Gasteiger partial charge in [0.1, 0.15) is 6.61 Å². The molecular weight excluding hydrogens is 472 g/mol. The van der Waals surface area contributed by atoms with Gasteiger partial charge in [0, 0.05) is 42.6 Å². The van der Waals surface area contributed by atoms with Crippen LogP contribution in [0.3, 0.4) is 0 Å². The van der Waals surface area contributed by atoms with E-state index in [2.05, 4.69) is 27.1 Å². The van der Waals surface area contributed by atoms with Crippen LogP contribution in [0.2, 0.25) is 0 Å². The normalized spacial score (nSPS) is 15.6. The summed E-state index contributed by atoms with van der Waals surface area (Å²) in [6, 6.07) is 15.2. The molecule has 4 rings (SSSR count). The Balaban J connectivity index is 1.40. The molecule has 0 radical (unpaired) electrons. The summed E-state index contributed by atoms with van der Waals surface area (Å²) in [6.07, 6.45) is 2.33. The Labute approximate surface area is 214 Å². The number of carbonyl (C=O) groups excluding carboxylic acids is 1. The van der Waals surface area contributed by atoms with Crippen LogP contribution in [0.1, 0.15) is 40.3 Å². The van der Waals surface area contributed by atoms with Crippen molar-refractivity contribution in [3.8, 4) is 17.6 Å². The van der Waals surface area contributed by atoms with E-state index in [0.717, 1.165) is 41.8 Å². The van der Waals surface area contributed by atoms with Gasteiger partial charge in [-0.3, -0.25) is 9.59 Å². The highest BCUT2D eigenvalue weighted by atomic mass is 16.3. The predicted molar refractivity (Wildman–Crippen MR) is 138 cm³/mol. The van der Waals surface area contributed by atoms with Gasteiger partial charge in [0.15, 0.2) is 0 Å². The largest absolute Gasteiger partial charge is 0.502 e. The van der Waals surface area contributed by atoms with Gasteiger partial charge in [0.2, 0.25) is 11.7 Å². The molecule has 0 aliphatic carbocycles. The minimum absolute atomic E-state index is 0.0878. The van der Waals surface area contributed by atoms with Crippen molar-refractivity contribution in [2.24, 2.45) is 0 Å². The first-order valence-electron chi connectivity index (χ1n) is 12.2. The van der Waals surface area contributed by atoms with Crippen molar-refractivity contribution < 1.29 is 20.1 Å². The Hall–Kier alpha value is -3.97. The molecule has 0 bridgehead atoms. The van der Waals surface area contributed by atoms with Crippen LogP contribution < -0.4 is 10.9 Å². The van der Waals surface area contributed by atoms with E-state index in [1.165, 1.54) is 6.33 Å². The molecule has 2 atom stereocenters. The Kier molecular flexibility index (Phi) is 8.69. The zero-order chi connectivity index (χ0) is 26.2. The van der Waals surface area contributed by atoms with Crippen LogP contribution in [0.4, 0.5) is 0 Å². The van der Waals surface area contributed by atoms with Crippen LogP contribution >= 0.6 is 0 Å². The molecule has 2 unspecified atom stereocenters. The number of aromatic amines is 1. The monoisotopic (exact) mass is 502 g/mol. The Morgan fingerprint density at radius 1 is 1.08 bits per heavy atom. The number of rotatable bonds is 8. The van der Waals surface area contributed by atoms with Crippen LogP contribution in [0.25, 0.3) is 0 Å². The molecule has 9 heteroatoms. The van der Waals surface area contributed by atoms with Crippen molar-refractivity contribution in [1.82, 2.24) is 20.2 Å². The molecule has 3 aromatic rings. The number of carbonyl (C=O) groups is 1. The molecule has 5 N–H and O–H groups in total. The predicted octanol–water partition coefficient (Wildman–Crippen LogP) is 0.877. The summed E-state index contributed by atoms with van der Waals surface area (Å²) in [4.78, 5) is 31.9. The average molecular weight is 503 g/mol.